The monoisotopic (exact) mass is 503 g/mol. The molecule has 1 unspecified atom stereocenters. The van der Waals surface area contributed by atoms with Crippen LogP contribution in [0.5, 0.6) is 0 Å². The lowest BCUT2D eigenvalue weighted by Crippen LogP contribution is -2.35. The highest BCUT2D eigenvalue weighted by Gasteiger charge is 2.26. The molecule has 1 aliphatic carbocycles. The molecule has 0 bridgehead atoms. The van der Waals surface area contributed by atoms with Crippen molar-refractivity contribution in [3.8, 4) is 0 Å². The van der Waals surface area contributed by atoms with Crippen LogP contribution in [0.3, 0.4) is 0 Å². The van der Waals surface area contributed by atoms with Gasteiger partial charge in [0.25, 0.3) is 0 Å². The normalized spacial score (nSPS) is 19.2. The third kappa shape index (κ3) is 4.67. The maximum atomic E-state index is 12.3. The van der Waals surface area contributed by atoms with E-state index in [2.05, 4.69) is 65.7 Å². The number of hydrogen-bond acceptors (Lipinski definition) is 3. The van der Waals surface area contributed by atoms with Gasteiger partial charge in [-0.1, -0.05) is 50.4 Å². The second-order valence-electron chi connectivity index (χ2n) is 7.43. The fraction of sp³-hybridized carbons (Fsp3) is 0.318. The highest BCUT2D eigenvalue weighted by atomic mass is 79.9. The van der Waals surface area contributed by atoms with E-state index >= 15 is 0 Å². The molecule has 3 aromatic rings. The number of para-hydroxylation sites is 1. The number of pyridine rings is 1. The summed E-state index contributed by atoms with van der Waals surface area (Å²) in [6, 6.07) is 16.1. The fourth-order valence-electron chi connectivity index (χ4n) is 4.05. The van der Waals surface area contributed by atoms with Crippen LogP contribution >= 0.6 is 31.9 Å². The lowest BCUT2D eigenvalue weighted by Gasteiger charge is -2.22. The van der Waals surface area contributed by atoms with Gasteiger partial charge in [0, 0.05) is 39.5 Å². The largest absolute Gasteiger partial charge is 0.371 e. The Kier molecular flexibility index (Phi) is 6.19. The Hall–Kier alpha value is -1.63. The molecule has 28 heavy (non-hydrogen) atoms. The number of benzene rings is 2. The Morgan fingerprint density at radius 1 is 1.04 bits per heavy atom. The Morgan fingerprint density at radius 2 is 1.82 bits per heavy atom. The number of halogens is 2. The van der Waals surface area contributed by atoms with Crippen molar-refractivity contribution in [3.63, 3.8) is 0 Å². The van der Waals surface area contributed by atoms with Crippen molar-refractivity contribution in [2.75, 3.05) is 11.9 Å². The Bertz CT molecular complexity index is 1010. The lowest BCUT2D eigenvalue weighted by molar-refractivity contribution is 0.413. The summed E-state index contributed by atoms with van der Waals surface area (Å²) in [7, 11) is 0. The van der Waals surface area contributed by atoms with Crippen molar-refractivity contribution < 1.29 is 0 Å². The van der Waals surface area contributed by atoms with E-state index < -0.39 is 0 Å². The molecule has 3 N–H and O–H groups in total. The maximum Gasteiger partial charge on any atom is 0.191 e. The van der Waals surface area contributed by atoms with Crippen LogP contribution in [-0.4, -0.2) is 17.6 Å². The summed E-state index contributed by atoms with van der Waals surface area (Å²) in [5, 5.41) is 7.91. The van der Waals surface area contributed by atoms with Crippen LogP contribution in [-0.2, 0) is 6.54 Å². The van der Waals surface area contributed by atoms with E-state index in [1.165, 1.54) is 24.8 Å². The quantitative estimate of drug-likeness (QED) is 0.420. The van der Waals surface area contributed by atoms with Crippen LogP contribution in [0, 0.1) is 5.92 Å². The highest BCUT2D eigenvalue weighted by Crippen LogP contribution is 2.27. The molecular weight excluding hydrogens is 482 g/mol. The first kappa shape index (κ1) is 19.7. The maximum absolute atomic E-state index is 12.3. The third-order valence-corrected chi connectivity index (χ3v) is 6.36. The van der Waals surface area contributed by atoms with Gasteiger partial charge < -0.3 is 15.6 Å². The van der Waals surface area contributed by atoms with E-state index in [4.69, 9.17) is 0 Å². The molecule has 1 heterocycles. The Balaban J connectivity index is 1.38. The van der Waals surface area contributed by atoms with Crippen LogP contribution < -0.4 is 16.1 Å². The molecule has 0 radical (unpaired) electrons. The molecule has 4 rings (SSSR count). The number of anilines is 1. The zero-order chi connectivity index (χ0) is 19.5. The van der Waals surface area contributed by atoms with Crippen molar-refractivity contribution in [1.29, 1.82) is 0 Å². The van der Waals surface area contributed by atoms with Gasteiger partial charge in [-0.25, -0.2) is 0 Å². The van der Waals surface area contributed by atoms with Crippen molar-refractivity contribution in [3.05, 3.63) is 73.3 Å². The molecule has 0 aliphatic heterocycles. The Morgan fingerprint density at radius 3 is 2.64 bits per heavy atom. The first-order valence-corrected chi connectivity index (χ1v) is 11.2. The van der Waals surface area contributed by atoms with Crippen LogP contribution in [0.25, 0.3) is 10.9 Å². The van der Waals surface area contributed by atoms with Gasteiger partial charge in [-0.15, -0.1) is 0 Å². The van der Waals surface area contributed by atoms with E-state index in [0.717, 1.165) is 38.8 Å². The number of fused-ring (bicyclic) bond motifs is 1. The molecule has 2 atom stereocenters. The summed E-state index contributed by atoms with van der Waals surface area (Å²) in [5.41, 5.74) is 2.19. The van der Waals surface area contributed by atoms with E-state index in [-0.39, 0.29) is 5.43 Å². The van der Waals surface area contributed by atoms with Crippen LogP contribution in [0.1, 0.15) is 24.8 Å². The van der Waals surface area contributed by atoms with E-state index in [0.29, 0.717) is 12.0 Å². The average molecular weight is 505 g/mol. The van der Waals surface area contributed by atoms with Gasteiger partial charge in [-0.2, -0.15) is 0 Å². The van der Waals surface area contributed by atoms with Crippen molar-refractivity contribution in [2.24, 2.45) is 5.92 Å². The second kappa shape index (κ2) is 8.80. The minimum Gasteiger partial charge on any atom is -0.371 e. The molecule has 2 aromatic carbocycles. The van der Waals surface area contributed by atoms with Crippen molar-refractivity contribution >= 4 is 48.6 Å². The SMILES string of the molecule is O=c1cc(NCC2CCC[C@@H]2NCc2cc(Br)cc(Br)c2)[nH]c2ccccc12. The average Bonchev–Trinajstić information content (AvgIpc) is 3.11. The number of hydrogen-bond donors (Lipinski definition) is 3. The summed E-state index contributed by atoms with van der Waals surface area (Å²) in [4.78, 5) is 15.6. The number of H-pyrrole nitrogens is 1. The predicted octanol–water partition coefficient (Wildman–Crippen LogP) is 5.42. The molecule has 1 fully saturated rings. The van der Waals surface area contributed by atoms with Crippen LogP contribution in [0.15, 0.2) is 62.3 Å². The summed E-state index contributed by atoms with van der Waals surface area (Å²) in [6.45, 7) is 1.71. The van der Waals surface area contributed by atoms with Gasteiger partial charge in [0.15, 0.2) is 5.43 Å². The Labute approximate surface area is 181 Å². The number of rotatable bonds is 6. The van der Waals surface area contributed by atoms with E-state index in [1.807, 2.05) is 24.3 Å². The van der Waals surface area contributed by atoms with Crippen molar-refractivity contribution in [1.82, 2.24) is 10.3 Å². The molecule has 0 saturated heterocycles. The first-order valence-electron chi connectivity index (χ1n) is 9.63. The lowest BCUT2D eigenvalue weighted by atomic mass is 10.0. The molecule has 6 heteroatoms. The molecule has 1 saturated carbocycles. The third-order valence-electron chi connectivity index (χ3n) is 5.44. The molecular formula is C22H23Br2N3O. The minimum absolute atomic E-state index is 0.0539. The van der Waals surface area contributed by atoms with Gasteiger partial charge >= 0.3 is 0 Å². The van der Waals surface area contributed by atoms with Crippen LogP contribution in [0.2, 0.25) is 0 Å². The highest BCUT2D eigenvalue weighted by molar-refractivity contribution is 9.11. The van der Waals surface area contributed by atoms with Crippen LogP contribution in [0.4, 0.5) is 5.82 Å². The van der Waals surface area contributed by atoms with Gasteiger partial charge in [0.05, 0.1) is 5.52 Å². The number of aromatic amines is 1. The second-order valence-corrected chi connectivity index (χ2v) is 9.26. The molecule has 0 amide bonds. The molecule has 4 nitrogen and oxygen atoms in total. The summed E-state index contributed by atoms with van der Waals surface area (Å²) < 4.78 is 2.17. The number of aromatic nitrogens is 1. The molecule has 146 valence electrons. The molecule has 1 aromatic heterocycles. The van der Waals surface area contributed by atoms with E-state index in [9.17, 15) is 4.79 Å². The topological polar surface area (TPSA) is 56.9 Å². The predicted molar refractivity (Wildman–Crippen MR) is 123 cm³/mol. The van der Waals surface area contributed by atoms with Gasteiger partial charge in [-0.05, 0) is 54.7 Å². The van der Waals surface area contributed by atoms with E-state index in [1.54, 1.807) is 6.07 Å². The summed E-state index contributed by atoms with van der Waals surface area (Å²) in [5.74, 6) is 1.34. The van der Waals surface area contributed by atoms with Crippen molar-refractivity contribution in [2.45, 2.75) is 31.8 Å². The molecule has 1 aliphatic rings. The zero-order valence-electron chi connectivity index (χ0n) is 15.5. The van der Waals surface area contributed by atoms with Gasteiger partial charge in [0.1, 0.15) is 5.82 Å². The van der Waals surface area contributed by atoms with Gasteiger partial charge in [0.2, 0.25) is 0 Å². The summed E-state index contributed by atoms with van der Waals surface area (Å²) >= 11 is 7.11. The smallest absolute Gasteiger partial charge is 0.191 e. The molecule has 0 spiro atoms. The fourth-order valence-corrected chi connectivity index (χ4v) is 5.43. The first-order chi connectivity index (χ1) is 13.6. The number of nitrogens with one attached hydrogen (secondary N) is 3. The minimum atomic E-state index is 0.0539. The zero-order valence-corrected chi connectivity index (χ0v) is 18.6. The summed E-state index contributed by atoms with van der Waals surface area (Å²) in [6.07, 6.45) is 3.63. The standard InChI is InChI=1S/C22H23Br2N3O/c23-16-8-14(9-17(24)10-16)12-25-19-7-3-4-15(19)13-26-22-11-21(28)18-5-1-2-6-20(18)27-22/h1-2,5-6,8-11,15,19,25H,3-4,7,12-13H2,(H2,26,27,28)/t15?,19-/m0/s1. The van der Waals surface area contributed by atoms with Gasteiger partial charge in [-0.3, -0.25) is 4.79 Å².